The van der Waals surface area contributed by atoms with E-state index in [1.54, 1.807) is 0 Å². The number of nitrogens with two attached hydrogens (primary N) is 1. The standard InChI is InChI=1S/C4H10N2O2S/c1-8-4(9)6(5)2-3-7/h7H,2-3,5H2,1H3. The summed E-state index contributed by atoms with van der Waals surface area (Å²) in [5.41, 5.74) is 0. The SMILES string of the molecule is COC(=S)N(N)CCO. The molecule has 0 bridgehead atoms. The lowest BCUT2D eigenvalue weighted by Gasteiger charge is -2.15. The van der Waals surface area contributed by atoms with Gasteiger partial charge in [0, 0.05) is 0 Å². The number of nitrogens with zero attached hydrogens (tertiary/aromatic N) is 1. The predicted molar refractivity (Wildman–Crippen MR) is 37.6 cm³/mol. The maximum absolute atomic E-state index is 8.34. The van der Waals surface area contributed by atoms with Gasteiger partial charge in [-0.1, -0.05) is 0 Å². The molecule has 54 valence electrons. The van der Waals surface area contributed by atoms with Gasteiger partial charge in [0.2, 0.25) is 0 Å². The number of hydrogen-bond acceptors (Lipinski definition) is 4. The lowest BCUT2D eigenvalue weighted by molar-refractivity contribution is 0.225. The van der Waals surface area contributed by atoms with Crippen molar-refractivity contribution in [2.75, 3.05) is 20.3 Å². The summed E-state index contributed by atoms with van der Waals surface area (Å²) in [7, 11) is 1.43. The number of aliphatic hydroxyl groups excluding tert-OH is 1. The van der Waals surface area contributed by atoms with Crippen LogP contribution in [0.5, 0.6) is 0 Å². The first kappa shape index (κ1) is 8.61. The van der Waals surface area contributed by atoms with E-state index < -0.39 is 0 Å². The van der Waals surface area contributed by atoms with Crippen molar-refractivity contribution in [2.24, 2.45) is 5.84 Å². The van der Waals surface area contributed by atoms with E-state index in [1.165, 1.54) is 7.11 Å². The minimum absolute atomic E-state index is 0.0278. The van der Waals surface area contributed by atoms with E-state index in [0.29, 0.717) is 6.54 Å². The largest absolute Gasteiger partial charge is 0.473 e. The van der Waals surface area contributed by atoms with Crippen molar-refractivity contribution in [3.8, 4) is 0 Å². The summed E-state index contributed by atoms with van der Waals surface area (Å²) < 4.78 is 4.59. The van der Waals surface area contributed by atoms with Crippen LogP contribution in [0, 0.1) is 0 Å². The smallest absolute Gasteiger partial charge is 0.273 e. The average molecular weight is 150 g/mol. The molecule has 4 nitrogen and oxygen atoms in total. The maximum Gasteiger partial charge on any atom is 0.273 e. The quantitative estimate of drug-likeness (QED) is 0.303. The fourth-order valence-electron chi connectivity index (χ4n) is 0.316. The lowest BCUT2D eigenvalue weighted by Crippen LogP contribution is -2.39. The van der Waals surface area contributed by atoms with Gasteiger partial charge in [-0.15, -0.1) is 0 Å². The molecule has 0 amide bonds. The van der Waals surface area contributed by atoms with Crippen LogP contribution in [0.4, 0.5) is 0 Å². The third-order valence-corrected chi connectivity index (χ3v) is 1.15. The van der Waals surface area contributed by atoms with Crippen molar-refractivity contribution in [2.45, 2.75) is 0 Å². The first-order valence-corrected chi connectivity index (χ1v) is 2.84. The van der Waals surface area contributed by atoms with Crippen molar-refractivity contribution in [3.05, 3.63) is 0 Å². The van der Waals surface area contributed by atoms with Crippen molar-refractivity contribution in [3.63, 3.8) is 0 Å². The third kappa shape index (κ3) is 3.23. The van der Waals surface area contributed by atoms with Gasteiger partial charge in [-0.05, 0) is 12.2 Å². The summed E-state index contributed by atoms with van der Waals surface area (Å²) in [6, 6.07) is 0. The number of aliphatic hydroxyl groups is 1. The molecule has 0 aromatic heterocycles. The maximum atomic E-state index is 8.34. The molecule has 0 unspecified atom stereocenters. The van der Waals surface area contributed by atoms with E-state index in [-0.39, 0.29) is 11.8 Å². The molecule has 0 aliphatic heterocycles. The second-order valence-corrected chi connectivity index (χ2v) is 1.74. The summed E-state index contributed by atoms with van der Waals surface area (Å²) >= 11 is 4.61. The van der Waals surface area contributed by atoms with Gasteiger partial charge in [-0.2, -0.15) is 0 Å². The molecular formula is C4H10N2O2S. The first-order valence-electron chi connectivity index (χ1n) is 2.43. The molecule has 0 heterocycles. The lowest BCUT2D eigenvalue weighted by atomic mass is 10.7. The Balaban J connectivity index is 3.45. The summed E-state index contributed by atoms with van der Waals surface area (Å²) in [5.74, 6) is 5.25. The van der Waals surface area contributed by atoms with E-state index >= 15 is 0 Å². The number of thiocarbonyl (C=S) groups is 1. The Morgan fingerprint density at radius 1 is 1.89 bits per heavy atom. The van der Waals surface area contributed by atoms with Gasteiger partial charge < -0.3 is 9.84 Å². The minimum Gasteiger partial charge on any atom is -0.473 e. The van der Waals surface area contributed by atoms with Crippen LogP contribution < -0.4 is 5.84 Å². The van der Waals surface area contributed by atoms with Crippen LogP contribution >= 0.6 is 12.2 Å². The Labute approximate surface area is 59.2 Å². The number of methoxy groups -OCH3 is 1. The zero-order chi connectivity index (χ0) is 7.28. The number of hydrazine groups is 1. The van der Waals surface area contributed by atoms with E-state index in [4.69, 9.17) is 10.9 Å². The van der Waals surface area contributed by atoms with Crippen LogP contribution in [0.25, 0.3) is 0 Å². The molecule has 5 heteroatoms. The Morgan fingerprint density at radius 3 is 2.78 bits per heavy atom. The zero-order valence-corrected chi connectivity index (χ0v) is 6.02. The number of rotatable bonds is 2. The van der Waals surface area contributed by atoms with Gasteiger partial charge in [-0.3, -0.25) is 5.01 Å². The number of hydrogen-bond donors (Lipinski definition) is 2. The second kappa shape index (κ2) is 4.49. The molecule has 0 aliphatic rings. The Kier molecular flexibility index (Phi) is 4.29. The molecule has 0 saturated heterocycles. The highest BCUT2D eigenvalue weighted by atomic mass is 32.1. The predicted octanol–water partition coefficient (Wildman–Crippen LogP) is -0.914. The number of ether oxygens (including phenoxy) is 1. The van der Waals surface area contributed by atoms with E-state index in [9.17, 15) is 0 Å². The van der Waals surface area contributed by atoms with E-state index in [1.807, 2.05) is 0 Å². The monoisotopic (exact) mass is 150 g/mol. The Hall–Kier alpha value is -0.390. The molecule has 0 aromatic rings. The van der Waals surface area contributed by atoms with Gasteiger partial charge >= 0.3 is 0 Å². The van der Waals surface area contributed by atoms with Crippen LogP contribution in [0.1, 0.15) is 0 Å². The Morgan fingerprint density at radius 2 is 2.44 bits per heavy atom. The molecule has 0 saturated carbocycles. The van der Waals surface area contributed by atoms with Crippen LogP contribution in [-0.4, -0.2) is 35.6 Å². The normalized spacial score (nSPS) is 8.78. The summed E-state index contributed by atoms with van der Waals surface area (Å²) in [6.07, 6.45) is 0. The highest BCUT2D eigenvalue weighted by molar-refractivity contribution is 7.79. The fourth-order valence-corrected chi connectivity index (χ4v) is 0.408. The second-order valence-electron chi connectivity index (χ2n) is 1.39. The Bertz CT molecular complexity index is 98.6. The molecule has 0 radical (unpaired) electrons. The molecule has 0 rings (SSSR count). The van der Waals surface area contributed by atoms with E-state index in [2.05, 4.69) is 17.0 Å². The highest BCUT2D eigenvalue weighted by Gasteiger charge is 2.00. The van der Waals surface area contributed by atoms with Crippen molar-refractivity contribution in [1.82, 2.24) is 5.01 Å². The van der Waals surface area contributed by atoms with Crippen LogP contribution in [0.3, 0.4) is 0 Å². The molecule has 0 aromatic carbocycles. The van der Waals surface area contributed by atoms with Crippen LogP contribution in [-0.2, 0) is 4.74 Å². The van der Waals surface area contributed by atoms with Gasteiger partial charge in [-0.25, -0.2) is 5.84 Å². The van der Waals surface area contributed by atoms with Gasteiger partial charge in [0.25, 0.3) is 5.17 Å². The van der Waals surface area contributed by atoms with Crippen molar-refractivity contribution in [1.29, 1.82) is 0 Å². The zero-order valence-electron chi connectivity index (χ0n) is 5.20. The molecule has 9 heavy (non-hydrogen) atoms. The van der Waals surface area contributed by atoms with Crippen LogP contribution in [0.15, 0.2) is 0 Å². The van der Waals surface area contributed by atoms with Gasteiger partial charge in [0.05, 0.1) is 20.3 Å². The van der Waals surface area contributed by atoms with Crippen molar-refractivity contribution >= 4 is 17.4 Å². The molecule has 0 aliphatic carbocycles. The van der Waals surface area contributed by atoms with E-state index in [0.717, 1.165) is 5.01 Å². The molecular weight excluding hydrogens is 140 g/mol. The summed E-state index contributed by atoms with van der Waals surface area (Å²) in [6.45, 7) is 0.271. The summed E-state index contributed by atoms with van der Waals surface area (Å²) in [4.78, 5) is 0. The topological polar surface area (TPSA) is 58.7 Å². The minimum atomic E-state index is -0.0278. The van der Waals surface area contributed by atoms with Crippen LogP contribution in [0.2, 0.25) is 0 Å². The molecule has 0 fully saturated rings. The highest BCUT2D eigenvalue weighted by Crippen LogP contribution is 1.82. The fraction of sp³-hybridized carbons (Fsp3) is 0.750. The molecule has 3 N–H and O–H groups in total. The third-order valence-electron chi connectivity index (χ3n) is 0.750. The van der Waals surface area contributed by atoms with Gasteiger partial charge in [0.15, 0.2) is 0 Å². The molecule has 0 atom stereocenters. The summed E-state index contributed by atoms with van der Waals surface area (Å²) in [5, 5.41) is 9.69. The first-order chi connectivity index (χ1) is 4.22. The van der Waals surface area contributed by atoms with Crippen molar-refractivity contribution < 1.29 is 9.84 Å². The molecule has 0 spiro atoms. The average Bonchev–Trinajstić information content (AvgIpc) is 1.87. The van der Waals surface area contributed by atoms with Gasteiger partial charge in [0.1, 0.15) is 0 Å².